The SMILES string of the molecule is CC(CNC1CCCC1)c1ccccc1.Cl. The zero-order chi connectivity index (χ0) is 10.5. The second kappa shape index (κ2) is 6.93. The minimum Gasteiger partial charge on any atom is -0.313 e. The minimum absolute atomic E-state index is 0. The van der Waals surface area contributed by atoms with Gasteiger partial charge in [0.2, 0.25) is 0 Å². The van der Waals surface area contributed by atoms with Gasteiger partial charge in [0.05, 0.1) is 0 Å². The number of rotatable bonds is 4. The Hall–Kier alpha value is -0.530. The summed E-state index contributed by atoms with van der Waals surface area (Å²) in [6, 6.07) is 11.6. The Morgan fingerprint density at radius 1 is 1.19 bits per heavy atom. The third-order valence-corrected chi connectivity index (χ3v) is 3.44. The van der Waals surface area contributed by atoms with Gasteiger partial charge in [-0.05, 0) is 24.3 Å². The first kappa shape index (κ1) is 13.5. The van der Waals surface area contributed by atoms with Crippen molar-refractivity contribution in [1.29, 1.82) is 0 Å². The highest BCUT2D eigenvalue weighted by molar-refractivity contribution is 5.85. The number of hydrogen-bond acceptors (Lipinski definition) is 1. The first-order chi connectivity index (χ1) is 7.36. The van der Waals surface area contributed by atoms with Crippen LogP contribution in [0.3, 0.4) is 0 Å². The molecular weight excluding hydrogens is 218 g/mol. The monoisotopic (exact) mass is 239 g/mol. The molecule has 1 N–H and O–H groups in total. The topological polar surface area (TPSA) is 12.0 Å². The normalized spacial score (nSPS) is 18.1. The fourth-order valence-corrected chi connectivity index (χ4v) is 2.37. The Balaban J connectivity index is 0.00000128. The van der Waals surface area contributed by atoms with Crippen LogP contribution in [0.1, 0.15) is 44.1 Å². The van der Waals surface area contributed by atoms with Crippen LogP contribution in [-0.4, -0.2) is 12.6 Å². The predicted molar refractivity (Wildman–Crippen MR) is 72.4 cm³/mol. The molecule has 0 spiro atoms. The van der Waals surface area contributed by atoms with E-state index in [0.717, 1.165) is 12.6 Å². The van der Waals surface area contributed by atoms with Crippen molar-refractivity contribution in [2.75, 3.05) is 6.54 Å². The van der Waals surface area contributed by atoms with Gasteiger partial charge >= 0.3 is 0 Å². The van der Waals surface area contributed by atoms with Crippen LogP contribution < -0.4 is 5.32 Å². The van der Waals surface area contributed by atoms with E-state index in [4.69, 9.17) is 0 Å². The molecule has 1 saturated carbocycles. The van der Waals surface area contributed by atoms with Crippen LogP contribution in [0.15, 0.2) is 30.3 Å². The standard InChI is InChI=1S/C14H21N.ClH/c1-12(13-7-3-2-4-8-13)11-15-14-9-5-6-10-14;/h2-4,7-8,12,14-15H,5-6,9-11H2,1H3;1H. The van der Waals surface area contributed by atoms with E-state index in [9.17, 15) is 0 Å². The molecule has 0 heterocycles. The van der Waals surface area contributed by atoms with Gasteiger partial charge in [0.25, 0.3) is 0 Å². The van der Waals surface area contributed by atoms with Crippen molar-refractivity contribution in [3.8, 4) is 0 Å². The van der Waals surface area contributed by atoms with Gasteiger partial charge in [-0.1, -0.05) is 50.1 Å². The third kappa shape index (κ3) is 3.80. The van der Waals surface area contributed by atoms with Crippen LogP contribution in [-0.2, 0) is 0 Å². The maximum absolute atomic E-state index is 3.68. The van der Waals surface area contributed by atoms with Gasteiger partial charge in [0.15, 0.2) is 0 Å². The fraction of sp³-hybridized carbons (Fsp3) is 0.571. The van der Waals surface area contributed by atoms with Gasteiger partial charge < -0.3 is 5.32 Å². The Kier molecular flexibility index (Phi) is 5.86. The predicted octanol–water partition coefficient (Wildman–Crippen LogP) is 3.74. The summed E-state index contributed by atoms with van der Waals surface area (Å²) in [5.74, 6) is 0.631. The molecule has 1 aliphatic carbocycles. The summed E-state index contributed by atoms with van der Waals surface area (Å²) in [6.45, 7) is 3.42. The Morgan fingerprint density at radius 3 is 2.44 bits per heavy atom. The van der Waals surface area contributed by atoms with Crippen molar-refractivity contribution in [2.45, 2.75) is 44.6 Å². The van der Waals surface area contributed by atoms with E-state index in [1.807, 2.05) is 0 Å². The molecule has 1 aromatic rings. The molecule has 0 aromatic heterocycles. The molecule has 0 saturated heterocycles. The van der Waals surface area contributed by atoms with E-state index >= 15 is 0 Å². The molecule has 0 radical (unpaired) electrons. The highest BCUT2D eigenvalue weighted by Gasteiger charge is 2.15. The molecule has 16 heavy (non-hydrogen) atoms. The lowest BCUT2D eigenvalue weighted by atomic mass is 10.0. The molecule has 1 atom stereocenters. The van der Waals surface area contributed by atoms with Gasteiger partial charge in [-0.2, -0.15) is 0 Å². The van der Waals surface area contributed by atoms with E-state index in [0.29, 0.717) is 5.92 Å². The molecular formula is C14H22ClN. The van der Waals surface area contributed by atoms with E-state index in [1.165, 1.54) is 31.2 Å². The summed E-state index contributed by atoms with van der Waals surface area (Å²) in [5, 5.41) is 3.68. The van der Waals surface area contributed by atoms with Crippen molar-refractivity contribution >= 4 is 12.4 Å². The molecule has 2 heteroatoms. The van der Waals surface area contributed by atoms with Crippen molar-refractivity contribution in [1.82, 2.24) is 5.32 Å². The average Bonchev–Trinajstić information content (AvgIpc) is 2.80. The number of benzene rings is 1. The molecule has 1 aliphatic rings. The largest absolute Gasteiger partial charge is 0.313 e. The summed E-state index contributed by atoms with van der Waals surface area (Å²) < 4.78 is 0. The van der Waals surface area contributed by atoms with Crippen LogP contribution in [0, 0.1) is 0 Å². The summed E-state index contributed by atoms with van der Waals surface area (Å²) >= 11 is 0. The molecule has 2 rings (SSSR count). The van der Waals surface area contributed by atoms with E-state index in [2.05, 4.69) is 42.6 Å². The second-order valence-corrected chi connectivity index (χ2v) is 4.70. The summed E-state index contributed by atoms with van der Waals surface area (Å²) in [5.41, 5.74) is 1.45. The Labute approximate surface area is 105 Å². The molecule has 0 amide bonds. The lowest BCUT2D eigenvalue weighted by Crippen LogP contribution is -2.29. The smallest absolute Gasteiger partial charge is 0.00673 e. The number of hydrogen-bond donors (Lipinski definition) is 1. The van der Waals surface area contributed by atoms with Gasteiger partial charge in [-0.15, -0.1) is 12.4 Å². The molecule has 1 unspecified atom stereocenters. The van der Waals surface area contributed by atoms with Crippen molar-refractivity contribution in [3.63, 3.8) is 0 Å². The number of nitrogens with one attached hydrogen (secondary N) is 1. The zero-order valence-electron chi connectivity index (χ0n) is 9.99. The quantitative estimate of drug-likeness (QED) is 0.844. The van der Waals surface area contributed by atoms with Crippen molar-refractivity contribution in [3.05, 3.63) is 35.9 Å². The molecule has 1 aromatic carbocycles. The van der Waals surface area contributed by atoms with Crippen LogP contribution in [0.4, 0.5) is 0 Å². The Bertz CT molecular complexity index is 280. The van der Waals surface area contributed by atoms with E-state index < -0.39 is 0 Å². The maximum atomic E-state index is 3.68. The molecule has 1 fully saturated rings. The molecule has 1 nitrogen and oxygen atoms in total. The average molecular weight is 240 g/mol. The molecule has 0 bridgehead atoms. The lowest BCUT2D eigenvalue weighted by Gasteiger charge is -2.17. The first-order valence-corrected chi connectivity index (χ1v) is 6.14. The summed E-state index contributed by atoms with van der Waals surface area (Å²) in [7, 11) is 0. The van der Waals surface area contributed by atoms with Crippen LogP contribution in [0.5, 0.6) is 0 Å². The van der Waals surface area contributed by atoms with Gasteiger partial charge in [-0.3, -0.25) is 0 Å². The zero-order valence-corrected chi connectivity index (χ0v) is 10.8. The van der Waals surface area contributed by atoms with E-state index in [-0.39, 0.29) is 12.4 Å². The van der Waals surface area contributed by atoms with Gasteiger partial charge in [-0.25, -0.2) is 0 Å². The minimum atomic E-state index is 0. The molecule has 0 aliphatic heterocycles. The third-order valence-electron chi connectivity index (χ3n) is 3.44. The number of halogens is 1. The van der Waals surface area contributed by atoms with Gasteiger partial charge in [0.1, 0.15) is 0 Å². The van der Waals surface area contributed by atoms with Crippen LogP contribution in [0.25, 0.3) is 0 Å². The Morgan fingerprint density at radius 2 is 1.81 bits per heavy atom. The maximum Gasteiger partial charge on any atom is 0.00673 e. The van der Waals surface area contributed by atoms with Crippen molar-refractivity contribution < 1.29 is 0 Å². The van der Waals surface area contributed by atoms with Crippen LogP contribution in [0.2, 0.25) is 0 Å². The van der Waals surface area contributed by atoms with Crippen molar-refractivity contribution in [2.24, 2.45) is 0 Å². The fourth-order valence-electron chi connectivity index (χ4n) is 2.37. The summed E-state index contributed by atoms with van der Waals surface area (Å²) in [4.78, 5) is 0. The first-order valence-electron chi connectivity index (χ1n) is 6.14. The highest BCUT2D eigenvalue weighted by Crippen LogP contribution is 2.19. The second-order valence-electron chi connectivity index (χ2n) is 4.70. The van der Waals surface area contributed by atoms with Gasteiger partial charge in [0, 0.05) is 12.6 Å². The van der Waals surface area contributed by atoms with Crippen LogP contribution >= 0.6 is 12.4 Å². The highest BCUT2D eigenvalue weighted by atomic mass is 35.5. The lowest BCUT2D eigenvalue weighted by molar-refractivity contribution is 0.500. The summed E-state index contributed by atoms with van der Waals surface area (Å²) in [6.07, 6.45) is 5.58. The molecule has 90 valence electrons. The van der Waals surface area contributed by atoms with E-state index in [1.54, 1.807) is 0 Å².